The first-order valence-corrected chi connectivity index (χ1v) is 8.22. The second-order valence-electron chi connectivity index (χ2n) is 5.80. The maximum absolute atomic E-state index is 12.0. The van der Waals surface area contributed by atoms with Gasteiger partial charge in [0.25, 0.3) is 0 Å². The molecule has 18 heavy (non-hydrogen) atoms. The summed E-state index contributed by atoms with van der Waals surface area (Å²) < 4.78 is 21.5. The fourth-order valence-electron chi connectivity index (χ4n) is 2.59. The summed E-state index contributed by atoms with van der Waals surface area (Å²) in [4.78, 5) is 12.0. The largest absolute Gasteiger partial charge is 0.356 e. The number of primary sulfonamides is 1. The van der Waals surface area contributed by atoms with Gasteiger partial charge in [-0.25, -0.2) is 13.6 Å². The van der Waals surface area contributed by atoms with Crippen LogP contribution in [-0.4, -0.2) is 26.6 Å². The lowest BCUT2D eigenvalue weighted by molar-refractivity contribution is -0.130. The van der Waals surface area contributed by atoms with Crippen LogP contribution in [0, 0.1) is 11.3 Å². The molecule has 0 aromatic heterocycles. The molecule has 0 aromatic carbocycles. The summed E-state index contributed by atoms with van der Waals surface area (Å²) in [5.41, 5.74) is 0.0439. The summed E-state index contributed by atoms with van der Waals surface area (Å²) in [6.07, 6.45) is 4.65. The molecule has 0 radical (unpaired) electrons. The number of sulfonamides is 1. The first-order chi connectivity index (χ1) is 8.22. The fraction of sp³-hybridized carbons (Fsp3) is 0.917. The zero-order chi connectivity index (χ0) is 13.8. The van der Waals surface area contributed by atoms with Crippen molar-refractivity contribution in [3.63, 3.8) is 0 Å². The van der Waals surface area contributed by atoms with Crippen LogP contribution in [0.5, 0.6) is 0 Å². The summed E-state index contributed by atoms with van der Waals surface area (Å²) in [6, 6.07) is 0. The number of nitrogens with one attached hydrogen (secondary N) is 1. The SMILES string of the molecule is CC1(C)CCCCC1C(=O)NCCCS(N)(=O)=O. The molecule has 6 heteroatoms. The summed E-state index contributed by atoms with van der Waals surface area (Å²) in [6.45, 7) is 4.63. The molecule has 5 nitrogen and oxygen atoms in total. The van der Waals surface area contributed by atoms with Gasteiger partial charge >= 0.3 is 0 Å². The Bertz CT molecular complexity index is 390. The van der Waals surface area contributed by atoms with Crippen LogP contribution in [0.3, 0.4) is 0 Å². The van der Waals surface area contributed by atoms with E-state index < -0.39 is 10.0 Å². The lowest BCUT2D eigenvalue weighted by Crippen LogP contribution is -2.41. The average Bonchev–Trinajstić information content (AvgIpc) is 2.22. The Morgan fingerprint density at radius 1 is 1.39 bits per heavy atom. The predicted octanol–water partition coefficient (Wildman–Crippen LogP) is 0.998. The van der Waals surface area contributed by atoms with Crippen molar-refractivity contribution in [3.05, 3.63) is 0 Å². The Labute approximate surface area is 110 Å². The van der Waals surface area contributed by atoms with E-state index in [9.17, 15) is 13.2 Å². The lowest BCUT2D eigenvalue weighted by Gasteiger charge is -2.37. The molecule has 0 spiro atoms. The summed E-state index contributed by atoms with van der Waals surface area (Å²) >= 11 is 0. The van der Waals surface area contributed by atoms with Crippen LogP contribution in [0.2, 0.25) is 0 Å². The minimum Gasteiger partial charge on any atom is -0.356 e. The number of amides is 1. The molecule has 1 aliphatic carbocycles. The predicted molar refractivity (Wildman–Crippen MR) is 71.3 cm³/mol. The number of nitrogens with two attached hydrogens (primary N) is 1. The van der Waals surface area contributed by atoms with E-state index >= 15 is 0 Å². The first-order valence-electron chi connectivity index (χ1n) is 6.50. The Hall–Kier alpha value is -0.620. The standard InChI is InChI=1S/C12H24N2O3S/c1-12(2)7-4-3-6-10(12)11(15)14-8-5-9-18(13,16)17/h10H,3-9H2,1-2H3,(H,14,15)(H2,13,16,17). The van der Waals surface area contributed by atoms with Gasteiger partial charge < -0.3 is 5.32 Å². The van der Waals surface area contributed by atoms with E-state index in [1.807, 2.05) is 0 Å². The van der Waals surface area contributed by atoms with E-state index in [1.54, 1.807) is 0 Å². The Balaban J connectivity index is 2.36. The minimum absolute atomic E-state index is 0.0423. The van der Waals surface area contributed by atoms with E-state index in [0.29, 0.717) is 13.0 Å². The van der Waals surface area contributed by atoms with Gasteiger partial charge in [0.2, 0.25) is 15.9 Å². The van der Waals surface area contributed by atoms with Gasteiger partial charge in [0.05, 0.1) is 5.75 Å². The van der Waals surface area contributed by atoms with Crippen LogP contribution in [0.15, 0.2) is 0 Å². The Morgan fingerprint density at radius 2 is 2.06 bits per heavy atom. The normalized spacial score (nSPS) is 23.6. The molecule has 0 bridgehead atoms. The molecule has 106 valence electrons. The van der Waals surface area contributed by atoms with Crippen LogP contribution in [0.25, 0.3) is 0 Å². The zero-order valence-corrected chi connectivity index (χ0v) is 12.1. The molecule has 1 rings (SSSR count). The van der Waals surface area contributed by atoms with Crippen molar-refractivity contribution >= 4 is 15.9 Å². The van der Waals surface area contributed by atoms with Gasteiger partial charge in [-0.15, -0.1) is 0 Å². The third kappa shape index (κ3) is 4.94. The van der Waals surface area contributed by atoms with E-state index in [2.05, 4.69) is 19.2 Å². The van der Waals surface area contributed by atoms with Gasteiger partial charge in [-0.05, 0) is 24.7 Å². The highest BCUT2D eigenvalue weighted by atomic mass is 32.2. The van der Waals surface area contributed by atoms with Gasteiger partial charge in [0.1, 0.15) is 0 Å². The topological polar surface area (TPSA) is 89.3 Å². The van der Waals surface area contributed by atoms with Gasteiger partial charge in [-0.2, -0.15) is 0 Å². The molecule has 1 atom stereocenters. The molecule has 1 fully saturated rings. The second-order valence-corrected chi connectivity index (χ2v) is 7.53. The summed E-state index contributed by atoms with van der Waals surface area (Å²) in [5.74, 6) is 0.0105. The lowest BCUT2D eigenvalue weighted by atomic mass is 9.68. The Kier molecular flexibility index (Phi) is 5.16. The monoisotopic (exact) mass is 276 g/mol. The molecular formula is C12H24N2O3S. The van der Waals surface area contributed by atoms with E-state index in [-0.39, 0.29) is 23.0 Å². The number of carbonyl (C=O) groups excluding carboxylic acids is 1. The van der Waals surface area contributed by atoms with Gasteiger partial charge in [-0.1, -0.05) is 26.7 Å². The highest BCUT2D eigenvalue weighted by Crippen LogP contribution is 2.40. The van der Waals surface area contributed by atoms with Crippen LogP contribution in [0.4, 0.5) is 0 Å². The summed E-state index contributed by atoms with van der Waals surface area (Å²) in [7, 11) is -3.42. The van der Waals surface area contributed by atoms with Crippen molar-refractivity contribution in [2.24, 2.45) is 16.5 Å². The van der Waals surface area contributed by atoms with Crippen molar-refractivity contribution in [1.82, 2.24) is 5.32 Å². The number of rotatable bonds is 5. The highest BCUT2D eigenvalue weighted by molar-refractivity contribution is 7.89. The summed E-state index contributed by atoms with van der Waals surface area (Å²) in [5, 5.41) is 7.72. The highest BCUT2D eigenvalue weighted by Gasteiger charge is 2.36. The molecule has 1 saturated carbocycles. The minimum atomic E-state index is -3.42. The number of carbonyl (C=O) groups is 1. The molecule has 1 amide bonds. The molecule has 0 aliphatic heterocycles. The molecule has 0 saturated heterocycles. The van der Waals surface area contributed by atoms with Gasteiger partial charge in [0, 0.05) is 12.5 Å². The maximum atomic E-state index is 12.0. The smallest absolute Gasteiger partial charge is 0.223 e. The van der Waals surface area contributed by atoms with Crippen molar-refractivity contribution in [1.29, 1.82) is 0 Å². The van der Waals surface area contributed by atoms with Crippen molar-refractivity contribution in [3.8, 4) is 0 Å². The molecule has 0 heterocycles. The zero-order valence-electron chi connectivity index (χ0n) is 11.2. The van der Waals surface area contributed by atoms with Crippen molar-refractivity contribution in [2.75, 3.05) is 12.3 Å². The molecule has 3 N–H and O–H groups in total. The van der Waals surface area contributed by atoms with Crippen molar-refractivity contribution < 1.29 is 13.2 Å². The first kappa shape index (κ1) is 15.4. The van der Waals surface area contributed by atoms with Gasteiger partial charge in [0.15, 0.2) is 0 Å². The number of hydrogen-bond acceptors (Lipinski definition) is 3. The fourth-order valence-corrected chi connectivity index (χ4v) is 3.13. The van der Waals surface area contributed by atoms with E-state index in [4.69, 9.17) is 5.14 Å². The average molecular weight is 276 g/mol. The number of hydrogen-bond donors (Lipinski definition) is 2. The molecular weight excluding hydrogens is 252 g/mol. The maximum Gasteiger partial charge on any atom is 0.223 e. The van der Waals surface area contributed by atoms with Crippen LogP contribution < -0.4 is 10.5 Å². The van der Waals surface area contributed by atoms with E-state index in [1.165, 1.54) is 6.42 Å². The Morgan fingerprint density at radius 3 is 2.61 bits per heavy atom. The van der Waals surface area contributed by atoms with Crippen LogP contribution in [0.1, 0.15) is 46.0 Å². The van der Waals surface area contributed by atoms with Crippen LogP contribution >= 0.6 is 0 Å². The third-order valence-corrected chi connectivity index (χ3v) is 4.59. The van der Waals surface area contributed by atoms with Gasteiger partial charge in [-0.3, -0.25) is 4.79 Å². The molecule has 0 aromatic rings. The van der Waals surface area contributed by atoms with Crippen LogP contribution in [-0.2, 0) is 14.8 Å². The van der Waals surface area contributed by atoms with E-state index in [0.717, 1.165) is 19.3 Å². The second kappa shape index (κ2) is 6.02. The van der Waals surface area contributed by atoms with Crippen molar-refractivity contribution in [2.45, 2.75) is 46.0 Å². The molecule has 1 aliphatic rings. The third-order valence-electron chi connectivity index (χ3n) is 3.73. The molecule has 1 unspecified atom stereocenters. The quantitative estimate of drug-likeness (QED) is 0.734.